The summed E-state index contributed by atoms with van der Waals surface area (Å²) in [6, 6.07) is 6.71. The third-order valence-corrected chi connectivity index (χ3v) is 4.34. The van der Waals surface area contributed by atoms with Crippen molar-refractivity contribution in [1.82, 2.24) is 15.1 Å². The number of carbonyl (C=O) groups excluding carboxylic acids is 1. The van der Waals surface area contributed by atoms with Crippen LogP contribution in [0.5, 0.6) is 0 Å². The quantitative estimate of drug-likeness (QED) is 0.906. The molecule has 0 saturated heterocycles. The fourth-order valence-corrected chi connectivity index (χ4v) is 3.11. The molecular formula is C15H16BrN3O3. The zero-order valence-electron chi connectivity index (χ0n) is 11.9. The first-order valence-corrected chi connectivity index (χ1v) is 8.03. The topological polar surface area (TPSA) is 77.1 Å². The highest BCUT2D eigenvalue weighted by molar-refractivity contribution is 9.10. The van der Waals surface area contributed by atoms with E-state index in [1.54, 1.807) is 29.1 Å². The number of rotatable bonds is 3. The normalized spacial score (nSPS) is 21.5. The lowest BCUT2D eigenvalue weighted by molar-refractivity contribution is 0.0892. The van der Waals surface area contributed by atoms with Gasteiger partial charge in [-0.1, -0.05) is 0 Å². The summed E-state index contributed by atoms with van der Waals surface area (Å²) in [4.78, 5) is 23.8. The first kappa shape index (κ1) is 15.0. The van der Waals surface area contributed by atoms with E-state index in [4.69, 9.17) is 4.42 Å². The van der Waals surface area contributed by atoms with Crippen molar-refractivity contribution >= 4 is 21.8 Å². The number of furan rings is 1. The lowest BCUT2D eigenvalue weighted by atomic mass is 9.91. The summed E-state index contributed by atoms with van der Waals surface area (Å²) < 4.78 is 7.32. The molecule has 7 heteroatoms. The lowest BCUT2D eigenvalue weighted by Gasteiger charge is -2.29. The number of halogens is 1. The zero-order chi connectivity index (χ0) is 15.5. The largest absolute Gasteiger partial charge is 0.444 e. The van der Waals surface area contributed by atoms with Gasteiger partial charge in [0.25, 0.3) is 11.5 Å². The fraction of sp³-hybridized carbons (Fsp3) is 0.400. The first-order valence-electron chi connectivity index (χ1n) is 7.23. The Morgan fingerprint density at radius 2 is 2.05 bits per heavy atom. The van der Waals surface area contributed by atoms with Gasteiger partial charge in [-0.15, -0.1) is 0 Å². The molecule has 1 N–H and O–H groups in total. The SMILES string of the molecule is O=C(NC1CCC(n2ncccc2=O)CC1)c1ccc(Br)o1. The molecule has 116 valence electrons. The van der Waals surface area contributed by atoms with E-state index < -0.39 is 0 Å². The maximum absolute atomic E-state index is 12.0. The van der Waals surface area contributed by atoms with Crippen LogP contribution in [0.3, 0.4) is 0 Å². The summed E-state index contributed by atoms with van der Waals surface area (Å²) in [7, 11) is 0. The Balaban J connectivity index is 1.57. The van der Waals surface area contributed by atoms with E-state index >= 15 is 0 Å². The molecule has 0 spiro atoms. The van der Waals surface area contributed by atoms with E-state index in [1.807, 2.05) is 0 Å². The van der Waals surface area contributed by atoms with Crippen LogP contribution in [0.25, 0.3) is 0 Å². The number of amides is 1. The van der Waals surface area contributed by atoms with E-state index in [1.165, 1.54) is 6.07 Å². The Morgan fingerprint density at radius 1 is 1.27 bits per heavy atom. The Morgan fingerprint density at radius 3 is 2.68 bits per heavy atom. The third kappa shape index (κ3) is 3.30. The van der Waals surface area contributed by atoms with Crippen molar-refractivity contribution in [3.8, 4) is 0 Å². The van der Waals surface area contributed by atoms with Crippen LogP contribution in [0.15, 0.2) is 44.3 Å². The van der Waals surface area contributed by atoms with Crippen LogP contribution in [0, 0.1) is 0 Å². The molecule has 6 nitrogen and oxygen atoms in total. The van der Waals surface area contributed by atoms with Crippen molar-refractivity contribution in [2.24, 2.45) is 0 Å². The molecule has 0 bridgehead atoms. The molecule has 1 amide bonds. The van der Waals surface area contributed by atoms with Crippen LogP contribution >= 0.6 is 15.9 Å². The number of nitrogens with one attached hydrogen (secondary N) is 1. The predicted molar refractivity (Wildman–Crippen MR) is 83.7 cm³/mol. The summed E-state index contributed by atoms with van der Waals surface area (Å²) in [5.41, 5.74) is -0.0737. The Bertz CT molecular complexity index is 717. The summed E-state index contributed by atoms with van der Waals surface area (Å²) in [5, 5.41) is 7.11. The molecule has 0 atom stereocenters. The number of hydrogen-bond donors (Lipinski definition) is 1. The van der Waals surface area contributed by atoms with Gasteiger partial charge in [0.1, 0.15) is 0 Å². The van der Waals surface area contributed by atoms with Crippen LogP contribution in [0.4, 0.5) is 0 Å². The summed E-state index contributed by atoms with van der Waals surface area (Å²) in [6.45, 7) is 0. The minimum Gasteiger partial charge on any atom is -0.444 e. The second-order valence-corrected chi connectivity index (χ2v) is 6.17. The van der Waals surface area contributed by atoms with Crippen molar-refractivity contribution in [3.63, 3.8) is 0 Å². The molecule has 22 heavy (non-hydrogen) atoms. The molecule has 1 fully saturated rings. The summed E-state index contributed by atoms with van der Waals surface area (Å²) in [6.07, 6.45) is 4.92. The van der Waals surface area contributed by atoms with Crippen molar-refractivity contribution in [1.29, 1.82) is 0 Å². The van der Waals surface area contributed by atoms with Crippen LogP contribution < -0.4 is 10.9 Å². The molecular weight excluding hydrogens is 350 g/mol. The second-order valence-electron chi connectivity index (χ2n) is 5.39. The van der Waals surface area contributed by atoms with Gasteiger partial charge in [0, 0.05) is 18.3 Å². The Labute approximate surface area is 135 Å². The van der Waals surface area contributed by atoms with Crippen LogP contribution in [-0.4, -0.2) is 21.7 Å². The average Bonchev–Trinajstić information content (AvgIpc) is 2.95. The van der Waals surface area contributed by atoms with E-state index in [0.717, 1.165) is 25.7 Å². The molecule has 2 aromatic heterocycles. The number of hydrogen-bond acceptors (Lipinski definition) is 4. The van der Waals surface area contributed by atoms with E-state index in [0.29, 0.717) is 10.4 Å². The minimum absolute atomic E-state index is 0.0737. The van der Waals surface area contributed by atoms with Crippen molar-refractivity contribution in [2.75, 3.05) is 0 Å². The van der Waals surface area contributed by atoms with E-state index in [-0.39, 0.29) is 23.6 Å². The smallest absolute Gasteiger partial charge is 0.287 e. The van der Waals surface area contributed by atoms with Gasteiger partial charge in [0.05, 0.1) is 6.04 Å². The van der Waals surface area contributed by atoms with Gasteiger partial charge in [-0.25, -0.2) is 4.68 Å². The monoisotopic (exact) mass is 365 g/mol. The molecule has 3 rings (SSSR count). The number of nitrogens with zero attached hydrogens (tertiary/aromatic N) is 2. The van der Waals surface area contributed by atoms with Gasteiger partial charge >= 0.3 is 0 Å². The van der Waals surface area contributed by atoms with Crippen molar-refractivity contribution in [2.45, 2.75) is 37.8 Å². The highest BCUT2D eigenvalue weighted by Gasteiger charge is 2.25. The van der Waals surface area contributed by atoms with Crippen molar-refractivity contribution in [3.05, 3.63) is 51.2 Å². The maximum atomic E-state index is 12.0. The van der Waals surface area contributed by atoms with Crippen molar-refractivity contribution < 1.29 is 9.21 Å². The van der Waals surface area contributed by atoms with E-state index in [9.17, 15) is 9.59 Å². The molecule has 2 aromatic rings. The molecule has 0 unspecified atom stereocenters. The van der Waals surface area contributed by atoms with Crippen LogP contribution in [0.2, 0.25) is 0 Å². The summed E-state index contributed by atoms with van der Waals surface area (Å²) in [5.74, 6) is 0.0964. The number of carbonyl (C=O) groups is 1. The Hall–Kier alpha value is -1.89. The highest BCUT2D eigenvalue weighted by atomic mass is 79.9. The predicted octanol–water partition coefficient (Wildman–Crippen LogP) is 2.51. The standard InChI is InChI=1S/C15H16BrN3O3/c16-13-8-7-12(22-13)15(21)18-10-3-5-11(6-4-10)19-14(20)2-1-9-17-19/h1-2,7-11H,3-6H2,(H,18,21). The van der Waals surface area contributed by atoms with Gasteiger partial charge in [0.2, 0.25) is 0 Å². The van der Waals surface area contributed by atoms with Gasteiger partial charge in [-0.2, -0.15) is 5.10 Å². The lowest BCUT2D eigenvalue weighted by Crippen LogP contribution is -2.39. The molecule has 1 aliphatic carbocycles. The summed E-state index contributed by atoms with van der Waals surface area (Å²) >= 11 is 3.18. The zero-order valence-corrected chi connectivity index (χ0v) is 13.5. The fourth-order valence-electron chi connectivity index (χ4n) is 2.80. The van der Waals surface area contributed by atoms with E-state index in [2.05, 4.69) is 26.3 Å². The first-order chi connectivity index (χ1) is 10.6. The van der Waals surface area contributed by atoms with Gasteiger partial charge in [-0.05, 0) is 59.8 Å². The molecule has 0 aromatic carbocycles. The second kappa shape index (κ2) is 6.48. The molecule has 2 heterocycles. The van der Waals surface area contributed by atoms with Crippen LogP contribution in [0.1, 0.15) is 42.3 Å². The van der Waals surface area contributed by atoms with Gasteiger partial charge < -0.3 is 9.73 Å². The molecule has 1 saturated carbocycles. The Kier molecular flexibility index (Phi) is 4.42. The highest BCUT2D eigenvalue weighted by Crippen LogP contribution is 2.27. The molecule has 0 aliphatic heterocycles. The minimum atomic E-state index is -0.204. The third-order valence-electron chi connectivity index (χ3n) is 3.92. The molecule has 0 radical (unpaired) electrons. The van der Waals surface area contributed by atoms with Crippen LogP contribution in [-0.2, 0) is 0 Å². The molecule has 1 aliphatic rings. The van der Waals surface area contributed by atoms with Gasteiger partial charge in [0.15, 0.2) is 10.4 Å². The average molecular weight is 366 g/mol. The van der Waals surface area contributed by atoms with Gasteiger partial charge in [-0.3, -0.25) is 9.59 Å². The number of aromatic nitrogens is 2. The maximum Gasteiger partial charge on any atom is 0.287 e.